The minimum atomic E-state index is -3.88. The number of rotatable bonds is 16. The maximum Gasteiger partial charge on any atom is 0.244 e. The smallest absolute Gasteiger partial charge is 0.244 e. The topological polar surface area (TPSA) is 96.0 Å². The van der Waals surface area contributed by atoms with Crippen molar-refractivity contribution in [3.8, 4) is 5.75 Å². The minimum absolute atomic E-state index is 0.112. The Balaban J connectivity index is 1.63. The third-order valence-corrected chi connectivity index (χ3v) is 9.03. The molecule has 1 unspecified atom stereocenters. The number of hydrogen-bond donors (Lipinski definition) is 1. The van der Waals surface area contributed by atoms with Crippen LogP contribution < -0.4 is 14.4 Å². The van der Waals surface area contributed by atoms with E-state index in [2.05, 4.69) is 21.2 Å². The third kappa shape index (κ3) is 10.5. The van der Waals surface area contributed by atoms with Gasteiger partial charge in [0.05, 0.1) is 11.9 Å². The molecule has 0 heterocycles. The first kappa shape index (κ1) is 34.7. The number of amides is 2. The van der Waals surface area contributed by atoms with E-state index in [-0.39, 0.29) is 18.9 Å². The van der Waals surface area contributed by atoms with Crippen molar-refractivity contribution in [1.29, 1.82) is 0 Å². The fourth-order valence-electron chi connectivity index (χ4n) is 4.96. The van der Waals surface area contributed by atoms with E-state index in [1.54, 1.807) is 24.3 Å². The van der Waals surface area contributed by atoms with Crippen molar-refractivity contribution in [2.45, 2.75) is 45.4 Å². The summed E-state index contributed by atoms with van der Waals surface area (Å²) < 4.78 is 34.0. The van der Waals surface area contributed by atoms with Gasteiger partial charge in [0.15, 0.2) is 0 Å². The lowest BCUT2D eigenvalue weighted by Gasteiger charge is -2.33. The molecule has 1 N–H and O–H groups in total. The van der Waals surface area contributed by atoms with Gasteiger partial charge >= 0.3 is 0 Å². The second-order valence-electron chi connectivity index (χ2n) is 11.0. The molecule has 0 aliphatic carbocycles. The van der Waals surface area contributed by atoms with Crippen LogP contribution in [-0.2, 0) is 39.2 Å². The monoisotopic (exact) mass is 705 g/mol. The summed E-state index contributed by atoms with van der Waals surface area (Å²) in [5.41, 5.74) is 3.01. The van der Waals surface area contributed by atoms with Gasteiger partial charge in [-0.1, -0.05) is 102 Å². The van der Waals surface area contributed by atoms with Gasteiger partial charge in [0.25, 0.3) is 0 Å². The number of benzene rings is 4. The molecule has 0 aromatic heterocycles. The van der Waals surface area contributed by atoms with Gasteiger partial charge < -0.3 is 15.0 Å². The van der Waals surface area contributed by atoms with E-state index in [1.165, 1.54) is 4.90 Å². The number of hydrogen-bond acceptors (Lipinski definition) is 5. The van der Waals surface area contributed by atoms with Crippen molar-refractivity contribution in [3.63, 3.8) is 0 Å². The summed E-state index contributed by atoms with van der Waals surface area (Å²) in [7, 11) is -3.88. The minimum Gasteiger partial charge on any atom is -0.489 e. The highest BCUT2D eigenvalue weighted by Gasteiger charge is 2.33. The van der Waals surface area contributed by atoms with Crippen LogP contribution in [0.4, 0.5) is 5.69 Å². The predicted molar refractivity (Wildman–Crippen MR) is 186 cm³/mol. The second-order valence-corrected chi connectivity index (χ2v) is 13.9. The average Bonchev–Trinajstić information content (AvgIpc) is 3.05. The average molecular weight is 707 g/mol. The zero-order chi connectivity index (χ0) is 32.9. The molecule has 46 heavy (non-hydrogen) atoms. The summed E-state index contributed by atoms with van der Waals surface area (Å²) in [5, 5.41) is 2.99. The van der Waals surface area contributed by atoms with E-state index >= 15 is 0 Å². The van der Waals surface area contributed by atoms with Crippen molar-refractivity contribution in [2.24, 2.45) is 0 Å². The van der Waals surface area contributed by atoms with E-state index in [9.17, 15) is 18.0 Å². The van der Waals surface area contributed by atoms with Crippen molar-refractivity contribution < 1.29 is 22.7 Å². The third-order valence-electron chi connectivity index (χ3n) is 7.39. The fourth-order valence-corrected chi connectivity index (χ4v) is 6.25. The fraction of sp³-hybridized carbons (Fsp3) is 0.278. The number of carbonyl (C=O) groups is 2. The second kappa shape index (κ2) is 17.0. The Hall–Kier alpha value is -4.15. The number of unbranched alkanes of at least 4 members (excludes halogenated alkanes) is 1. The number of anilines is 1. The molecule has 2 amide bonds. The molecule has 1 atom stereocenters. The maximum atomic E-state index is 14.3. The summed E-state index contributed by atoms with van der Waals surface area (Å²) >= 11 is 3.50. The predicted octanol–water partition coefficient (Wildman–Crippen LogP) is 6.35. The lowest BCUT2D eigenvalue weighted by Crippen LogP contribution is -2.53. The molecule has 242 valence electrons. The summed E-state index contributed by atoms with van der Waals surface area (Å²) in [6.07, 6.45) is 3.04. The molecular weight excluding hydrogens is 666 g/mol. The zero-order valence-corrected chi connectivity index (χ0v) is 28.5. The molecule has 4 aromatic carbocycles. The molecule has 0 saturated heterocycles. The number of nitrogens with one attached hydrogen (secondary N) is 1. The molecule has 0 fully saturated rings. The van der Waals surface area contributed by atoms with Crippen molar-refractivity contribution >= 4 is 43.5 Å². The Labute approximate surface area is 280 Å². The van der Waals surface area contributed by atoms with E-state index < -0.39 is 28.5 Å². The quantitative estimate of drug-likeness (QED) is 0.137. The Kier molecular flexibility index (Phi) is 12.8. The number of sulfonamides is 1. The highest BCUT2D eigenvalue weighted by molar-refractivity contribution is 9.10. The molecule has 0 aliphatic heterocycles. The Morgan fingerprint density at radius 3 is 2.09 bits per heavy atom. The number of halogens is 1. The first-order valence-electron chi connectivity index (χ1n) is 15.2. The van der Waals surface area contributed by atoms with Crippen LogP contribution in [0, 0.1) is 0 Å². The SMILES string of the molecule is CCCCNC(=O)C(Cc1ccccc1)N(Cc1cccc(Br)c1)C(=O)CN(c1ccc(OCc2ccccc2)cc1)S(C)(=O)=O. The molecular formula is C36H40BrN3O5S. The number of carbonyl (C=O) groups excluding carboxylic acids is 2. The van der Waals surface area contributed by atoms with E-state index in [1.807, 2.05) is 91.9 Å². The Morgan fingerprint density at radius 1 is 0.848 bits per heavy atom. The van der Waals surface area contributed by atoms with Gasteiger partial charge in [-0.2, -0.15) is 0 Å². The molecule has 4 aromatic rings. The van der Waals surface area contributed by atoms with Gasteiger partial charge in [-0.15, -0.1) is 0 Å². The van der Waals surface area contributed by atoms with Crippen molar-refractivity contribution in [3.05, 3.63) is 130 Å². The van der Waals surface area contributed by atoms with E-state index in [4.69, 9.17) is 4.74 Å². The van der Waals surface area contributed by atoms with Crippen molar-refractivity contribution in [1.82, 2.24) is 10.2 Å². The first-order valence-corrected chi connectivity index (χ1v) is 17.9. The summed E-state index contributed by atoms with van der Waals surface area (Å²) in [6.45, 7) is 2.51. The molecule has 0 aliphatic rings. The molecule has 0 saturated carbocycles. The highest BCUT2D eigenvalue weighted by Crippen LogP contribution is 2.24. The van der Waals surface area contributed by atoms with Crippen molar-refractivity contribution in [2.75, 3.05) is 23.7 Å². The van der Waals surface area contributed by atoms with Gasteiger partial charge in [-0.05, 0) is 59.5 Å². The molecule has 0 radical (unpaired) electrons. The van der Waals surface area contributed by atoms with Crippen LogP contribution in [0.5, 0.6) is 5.75 Å². The molecule has 8 nitrogen and oxygen atoms in total. The van der Waals surface area contributed by atoms with Gasteiger partial charge in [0.1, 0.15) is 24.9 Å². The van der Waals surface area contributed by atoms with Crippen LogP contribution in [0.25, 0.3) is 0 Å². The standard InChI is InChI=1S/C36H40BrN3O5S/c1-3-4-22-38-36(42)34(24-28-12-7-5-8-13-28)39(25-30-16-11-17-31(37)23-30)35(41)26-40(46(2,43)44)32-18-20-33(21-19-32)45-27-29-14-9-6-10-15-29/h5-21,23,34H,3-4,22,24-27H2,1-2H3,(H,38,42). The molecule has 0 spiro atoms. The lowest BCUT2D eigenvalue weighted by molar-refractivity contribution is -0.140. The zero-order valence-electron chi connectivity index (χ0n) is 26.1. The van der Waals surface area contributed by atoms with Crippen LogP contribution in [0.2, 0.25) is 0 Å². The first-order chi connectivity index (χ1) is 22.1. The summed E-state index contributed by atoms with van der Waals surface area (Å²) in [4.78, 5) is 29.5. The molecule has 4 rings (SSSR count). The number of ether oxygens (including phenoxy) is 1. The maximum absolute atomic E-state index is 14.3. The van der Waals surface area contributed by atoms with Crippen LogP contribution >= 0.6 is 15.9 Å². The number of nitrogens with zero attached hydrogens (tertiary/aromatic N) is 2. The van der Waals surface area contributed by atoms with Gasteiger partial charge in [-0.3, -0.25) is 13.9 Å². The van der Waals surface area contributed by atoms with Gasteiger partial charge in [-0.25, -0.2) is 8.42 Å². The Bertz CT molecular complexity index is 1670. The van der Waals surface area contributed by atoms with Gasteiger partial charge in [0, 0.05) is 24.0 Å². The Morgan fingerprint density at radius 2 is 1.48 bits per heavy atom. The van der Waals surface area contributed by atoms with Crippen LogP contribution in [-0.4, -0.2) is 50.5 Å². The van der Waals surface area contributed by atoms with E-state index in [0.717, 1.165) is 44.6 Å². The van der Waals surface area contributed by atoms with Crippen LogP contribution in [0.3, 0.4) is 0 Å². The molecule has 10 heteroatoms. The molecule has 0 bridgehead atoms. The summed E-state index contributed by atoms with van der Waals surface area (Å²) in [5.74, 6) is -0.219. The normalized spacial score (nSPS) is 11.8. The summed E-state index contributed by atoms with van der Waals surface area (Å²) in [6, 6.07) is 32.4. The largest absolute Gasteiger partial charge is 0.489 e. The van der Waals surface area contributed by atoms with Crippen LogP contribution in [0.1, 0.15) is 36.5 Å². The van der Waals surface area contributed by atoms with Gasteiger partial charge in [0.2, 0.25) is 21.8 Å². The van der Waals surface area contributed by atoms with Crippen LogP contribution in [0.15, 0.2) is 114 Å². The highest BCUT2D eigenvalue weighted by atomic mass is 79.9. The lowest BCUT2D eigenvalue weighted by atomic mass is 10.0. The van der Waals surface area contributed by atoms with E-state index in [0.29, 0.717) is 24.6 Å².